The molecule has 0 aliphatic carbocycles. The lowest BCUT2D eigenvalue weighted by molar-refractivity contribution is -0.113. The summed E-state index contributed by atoms with van der Waals surface area (Å²) in [4.78, 5) is 15.0. The zero-order valence-corrected chi connectivity index (χ0v) is 19.5. The first-order chi connectivity index (χ1) is 13.6. The Morgan fingerprint density at radius 1 is 1.14 bits per heavy atom. The molecule has 0 radical (unpaired) electrons. The lowest BCUT2D eigenvalue weighted by Crippen LogP contribution is -2.29. The fraction of sp³-hybridized carbons (Fsp3) is 0.333. The maximum Gasteiger partial charge on any atom is 0.271 e. The zero-order chi connectivity index (χ0) is 21.4. The number of nitrogens with zero attached hydrogens (tertiary/aromatic N) is 1. The molecule has 1 aliphatic rings. The summed E-state index contributed by atoms with van der Waals surface area (Å²) in [6, 6.07) is 15.8. The van der Waals surface area contributed by atoms with Crippen LogP contribution in [0.15, 0.2) is 60.0 Å². The van der Waals surface area contributed by atoms with Gasteiger partial charge in [0.1, 0.15) is 5.75 Å². The number of hydrogen-bond donors (Lipinski definition) is 0. The Morgan fingerprint density at radius 3 is 2.38 bits per heavy atom. The molecule has 5 heteroatoms. The molecule has 2 aromatic rings. The largest absolute Gasteiger partial charge is 0.438 e. The summed E-state index contributed by atoms with van der Waals surface area (Å²) in [7, 11) is -2.14. The van der Waals surface area contributed by atoms with Crippen LogP contribution in [0.25, 0.3) is 0 Å². The molecule has 1 aliphatic heterocycles. The van der Waals surface area contributed by atoms with Crippen LogP contribution in [0.2, 0.25) is 0 Å². The lowest BCUT2D eigenvalue weighted by Gasteiger charge is -2.33. The fourth-order valence-corrected chi connectivity index (χ4v) is 5.77. The van der Waals surface area contributed by atoms with Gasteiger partial charge in [-0.2, -0.15) is 0 Å². The van der Waals surface area contributed by atoms with Crippen molar-refractivity contribution < 1.29 is 8.98 Å². The molecule has 0 bridgehead atoms. The van der Waals surface area contributed by atoms with Crippen LogP contribution < -0.4 is 9.08 Å². The van der Waals surface area contributed by atoms with Crippen molar-refractivity contribution in [3.8, 4) is 5.75 Å². The Kier molecular flexibility index (Phi) is 5.93. The first kappa shape index (κ1) is 21.6. The Hall–Kier alpha value is -2.11. The van der Waals surface area contributed by atoms with Gasteiger partial charge in [0.05, 0.1) is 10.6 Å². The quantitative estimate of drug-likeness (QED) is 0.402. The van der Waals surface area contributed by atoms with Gasteiger partial charge in [0.2, 0.25) is 0 Å². The van der Waals surface area contributed by atoms with E-state index >= 15 is 0 Å². The first-order valence-corrected chi connectivity index (χ1v) is 12.2. The first-order valence-electron chi connectivity index (χ1n) is 9.83. The van der Waals surface area contributed by atoms with E-state index < -0.39 is 10.3 Å². The summed E-state index contributed by atoms with van der Waals surface area (Å²) in [5.41, 5.74) is 3.22. The Bertz CT molecular complexity index is 963. The van der Waals surface area contributed by atoms with Crippen molar-refractivity contribution in [3.63, 3.8) is 0 Å². The van der Waals surface area contributed by atoms with Crippen LogP contribution in [0.3, 0.4) is 0 Å². The van der Waals surface area contributed by atoms with Crippen molar-refractivity contribution in [2.24, 2.45) is 0 Å². The Morgan fingerprint density at radius 2 is 1.79 bits per heavy atom. The van der Waals surface area contributed by atoms with Gasteiger partial charge < -0.3 is 4.18 Å². The summed E-state index contributed by atoms with van der Waals surface area (Å²) in [5.74, 6) is 0.616. The number of carbonyl (C=O) groups excluding carboxylic acids is 1. The van der Waals surface area contributed by atoms with Crippen molar-refractivity contribution in [3.05, 3.63) is 71.1 Å². The second-order valence-electron chi connectivity index (χ2n) is 8.41. The van der Waals surface area contributed by atoms with Crippen LogP contribution in [-0.4, -0.2) is 16.5 Å². The molecule has 1 saturated heterocycles. The van der Waals surface area contributed by atoms with E-state index in [1.807, 2.05) is 42.7 Å². The van der Waals surface area contributed by atoms with Crippen LogP contribution in [0, 0.1) is 0 Å². The minimum Gasteiger partial charge on any atom is -0.438 e. The monoisotopic (exact) mass is 427 g/mol. The standard InChI is InChI=1S/C24H29NO2S2/c1-7-11-18-16-19(24(3,4)5)14-15-21(18)27-29(6)17(2)22(26)25(23(29)28)20-12-9-8-10-13-20/h8-10,12-16H,2,7,11H2,1,3-6H3. The van der Waals surface area contributed by atoms with Gasteiger partial charge in [-0.15, -0.1) is 0 Å². The number of carbonyl (C=O) groups is 1. The van der Waals surface area contributed by atoms with Crippen LogP contribution in [0.5, 0.6) is 5.75 Å². The third-order valence-corrected chi connectivity index (χ3v) is 8.76. The predicted molar refractivity (Wildman–Crippen MR) is 129 cm³/mol. The Labute approximate surface area is 181 Å². The average Bonchev–Trinajstić information content (AvgIpc) is 2.84. The summed E-state index contributed by atoms with van der Waals surface area (Å²) >= 11 is 5.76. The highest BCUT2D eigenvalue weighted by Crippen LogP contribution is 2.60. The van der Waals surface area contributed by atoms with E-state index in [2.05, 4.69) is 46.4 Å². The van der Waals surface area contributed by atoms with E-state index in [0.717, 1.165) is 29.8 Å². The molecular weight excluding hydrogens is 398 g/mol. The highest BCUT2D eigenvalue weighted by atomic mass is 32.3. The van der Waals surface area contributed by atoms with Crippen LogP contribution in [0.4, 0.5) is 5.69 Å². The molecule has 29 heavy (non-hydrogen) atoms. The molecule has 1 amide bonds. The number of thiocarbonyl (C=S) groups is 1. The minimum absolute atomic E-state index is 0.0596. The third-order valence-electron chi connectivity index (χ3n) is 5.14. The summed E-state index contributed by atoms with van der Waals surface area (Å²) < 4.78 is 7.04. The van der Waals surface area contributed by atoms with E-state index in [1.165, 1.54) is 5.56 Å². The number of anilines is 1. The molecule has 1 unspecified atom stereocenters. The molecule has 2 aromatic carbocycles. The molecule has 0 saturated carbocycles. The van der Waals surface area contributed by atoms with Crippen molar-refractivity contribution in [2.75, 3.05) is 11.2 Å². The molecule has 3 nitrogen and oxygen atoms in total. The van der Waals surface area contributed by atoms with Gasteiger partial charge in [0, 0.05) is 6.26 Å². The number of hydrogen-bond acceptors (Lipinski definition) is 3. The smallest absolute Gasteiger partial charge is 0.271 e. The SMILES string of the molecule is C=C1C(=O)N(c2ccccc2)C(=S)S1(C)Oc1ccc(C(C)(C)C)cc1CCC. The van der Waals surface area contributed by atoms with Crippen molar-refractivity contribution in [1.82, 2.24) is 0 Å². The number of aryl methyl sites for hydroxylation is 1. The molecule has 0 aromatic heterocycles. The fourth-order valence-electron chi connectivity index (χ4n) is 3.31. The summed E-state index contributed by atoms with van der Waals surface area (Å²) in [6.07, 6.45) is 3.84. The van der Waals surface area contributed by atoms with Gasteiger partial charge in [-0.25, -0.2) is 0 Å². The number of benzene rings is 2. The molecule has 0 N–H and O–H groups in total. The normalized spacial score (nSPS) is 22.0. The number of rotatable bonds is 5. The molecule has 1 atom stereocenters. The zero-order valence-electron chi connectivity index (χ0n) is 17.8. The van der Waals surface area contributed by atoms with Gasteiger partial charge in [0.25, 0.3) is 5.91 Å². The van der Waals surface area contributed by atoms with Gasteiger partial charge in [0.15, 0.2) is 4.32 Å². The summed E-state index contributed by atoms with van der Waals surface area (Å²) in [5, 5.41) is 0. The second-order valence-corrected chi connectivity index (χ2v) is 11.8. The maximum atomic E-state index is 13.0. The van der Waals surface area contributed by atoms with Crippen LogP contribution >= 0.6 is 22.5 Å². The van der Waals surface area contributed by atoms with Crippen LogP contribution in [0.1, 0.15) is 45.2 Å². The maximum absolute atomic E-state index is 13.0. The molecule has 154 valence electrons. The van der Waals surface area contributed by atoms with E-state index in [4.69, 9.17) is 16.4 Å². The number of amides is 1. The van der Waals surface area contributed by atoms with Gasteiger partial charge in [-0.3, -0.25) is 9.69 Å². The second kappa shape index (κ2) is 7.96. The highest BCUT2D eigenvalue weighted by Gasteiger charge is 2.48. The van der Waals surface area contributed by atoms with Crippen molar-refractivity contribution in [1.29, 1.82) is 0 Å². The van der Waals surface area contributed by atoms with E-state index in [1.54, 1.807) is 4.90 Å². The topological polar surface area (TPSA) is 29.5 Å². The molecule has 1 fully saturated rings. The van der Waals surface area contributed by atoms with Gasteiger partial charge in [-0.05, 0) is 63.7 Å². The van der Waals surface area contributed by atoms with Crippen molar-refractivity contribution >= 4 is 38.4 Å². The molecular formula is C24H29NO2S2. The average molecular weight is 428 g/mol. The Balaban J connectivity index is 2.00. The van der Waals surface area contributed by atoms with E-state index in [0.29, 0.717) is 9.23 Å². The van der Waals surface area contributed by atoms with Crippen LogP contribution in [-0.2, 0) is 16.6 Å². The predicted octanol–water partition coefficient (Wildman–Crippen LogP) is 6.51. The third kappa shape index (κ3) is 3.99. The number of para-hydroxylation sites is 1. The summed E-state index contributed by atoms with van der Waals surface area (Å²) in [6.45, 7) is 12.8. The van der Waals surface area contributed by atoms with Crippen molar-refractivity contribution in [2.45, 2.75) is 46.0 Å². The minimum atomic E-state index is -2.14. The lowest BCUT2D eigenvalue weighted by atomic mass is 9.85. The molecule has 0 spiro atoms. The van der Waals surface area contributed by atoms with E-state index in [-0.39, 0.29) is 11.3 Å². The van der Waals surface area contributed by atoms with Gasteiger partial charge in [-0.1, -0.05) is 71.0 Å². The molecule has 1 heterocycles. The highest BCUT2D eigenvalue weighted by molar-refractivity contribution is 8.50. The van der Waals surface area contributed by atoms with E-state index in [9.17, 15) is 4.79 Å². The molecule has 3 rings (SSSR count). The van der Waals surface area contributed by atoms with Gasteiger partial charge >= 0.3 is 0 Å².